The number of carbonyl (C=O) groups is 2. The summed E-state index contributed by atoms with van der Waals surface area (Å²) in [6.07, 6.45) is 2.19. The van der Waals surface area contributed by atoms with E-state index in [-0.39, 0.29) is 12.5 Å². The molecule has 3 amide bonds. The zero-order valence-electron chi connectivity index (χ0n) is 13.1. The fourth-order valence-corrected chi connectivity index (χ4v) is 3.71. The topological polar surface area (TPSA) is 69.6 Å². The predicted octanol–water partition coefficient (Wildman–Crippen LogP) is 2.87. The van der Waals surface area contributed by atoms with E-state index in [1.54, 1.807) is 24.3 Å². The van der Waals surface area contributed by atoms with E-state index in [4.69, 9.17) is 11.6 Å². The number of carbonyl (C=O) groups excluding carboxylic acids is 2. The van der Waals surface area contributed by atoms with Crippen LogP contribution < -0.4 is 5.32 Å². The first-order chi connectivity index (χ1) is 10.9. The zero-order valence-corrected chi connectivity index (χ0v) is 13.8. The first-order valence-electron chi connectivity index (χ1n) is 7.99. The lowest BCUT2D eigenvalue weighted by Gasteiger charge is -2.33. The predicted molar refractivity (Wildman–Crippen MR) is 87.0 cm³/mol. The van der Waals surface area contributed by atoms with Crippen LogP contribution >= 0.6 is 11.6 Å². The molecule has 124 valence electrons. The van der Waals surface area contributed by atoms with Crippen molar-refractivity contribution in [2.24, 2.45) is 5.92 Å². The summed E-state index contributed by atoms with van der Waals surface area (Å²) in [6, 6.07) is 6.49. The summed E-state index contributed by atoms with van der Waals surface area (Å²) in [6.45, 7) is 2.08. The lowest BCUT2D eigenvalue weighted by Crippen LogP contribution is -2.49. The van der Waals surface area contributed by atoms with Gasteiger partial charge in [-0.1, -0.05) is 36.7 Å². The Morgan fingerprint density at radius 3 is 2.65 bits per heavy atom. The molecule has 0 radical (unpaired) electrons. The van der Waals surface area contributed by atoms with Crippen molar-refractivity contribution in [1.82, 2.24) is 10.2 Å². The molecule has 1 aromatic carbocycles. The molecule has 23 heavy (non-hydrogen) atoms. The fraction of sp³-hybridized carbons (Fsp3) is 0.529. The number of aliphatic hydroxyl groups is 1. The molecular weight excluding hydrogens is 316 g/mol. The van der Waals surface area contributed by atoms with Crippen molar-refractivity contribution < 1.29 is 14.7 Å². The van der Waals surface area contributed by atoms with Gasteiger partial charge in [0.2, 0.25) is 0 Å². The lowest BCUT2D eigenvalue weighted by molar-refractivity contribution is -0.133. The Bertz CT molecular complexity index is 626. The maximum atomic E-state index is 12.7. The van der Waals surface area contributed by atoms with E-state index < -0.39 is 17.7 Å². The first kappa shape index (κ1) is 16.3. The average Bonchev–Trinajstić information content (AvgIpc) is 2.75. The second-order valence-electron chi connectivity index (χ2n) is 6.65. The van der Waals surface area contributed by atoms with E-state index in [0.717, 1.165) is 17.7 Å². The number of halogens is 1. The van der Waals surface area contributed by atoms with Gasteiger partial charge in [0.15, 0.2) is 0 Å². The van der Waals surface area contributed by atoms with Gasteiger partial charge in [-0.3, -0.25) is 9.69 Å². The van der Waals surface area contributed by atoms with Gasteiger partial charge >= 0.3 is 6.03 Å². The highest BCUT2D eigenvalue weighted by atomic mass is 35.5. The molecule has 1 aliphatic heterocycles. The van der Waals surface area contributed by atoms with Crippen LogP contribution in [0.5, 0.6) is 0 Å². The van der Waals surface area contributed by atoms with Crippen LogP contribution in [0, 0.1) is 5.92 Å². The Labute approximate surface area is 140 Å². The van der Waals surface area contributed by atoms with Crippen LogP contribution in [0.1, 0.15) is 44.3 Å². The summed E-state index contributed by atoms with van der Waals surface area (Å²) >= 11 is 6.07. The molecule has 0 unspecified atom stereocenters. The van der Waals surface area contributed by atoms with Crippen molar-refractivity contribution in [3.8, 4) is 0 Å². The summed E-state index contributed by atoms with van der Waals surface area (Å²) in [5.41, 5.74) is -0.253. The van der Waals surface area contributed by atoms with Gasteiger partial charge in [-0.05, 0) is 37.7 Å². The smallest absolute Gasteiger partial charge is 0.325 e. The molecule has 1 heterocycles. The van der Waals surface area contributed by atoms with E-state index in [0.29, 0.717) is 29.3 Å². The Morgan fingerprint density at radius 1 is 1.35 bits per heavy atom. The minimum Gasteiger partial charge on any atom is -0.386 e. The number of aliphatic hydroxyl groups excluding tert-OH is 1. The van der Waals surface area contributed by atoms with Crippen LogP contribution in [0.3, 0.4) is 0 Å². The molecule has 1 atom stereocenters. The number of amides is 3. The molecule has 3 rings (SSSR count). The van der Waals surface area contributed by atoms with Crippen molar-refractivity contribution >= 4 is 23.5 Å². The van der Waals surface area contributed by atoms with Gasteiger partial charge in [0.1, 0.15) is 5.54 Å². The third-order valence-electron chi connectivity index (χ3n) is 4.99. The van der Waals surface area contributed by atoms with Crippen molar-refractivity contribution in [2.45, 2.75) is 44.2 Å². The Kier molecular flexibility index (Phi) is 4.34. The molecular formula is C17H21ClN2O3. The monoisotopic (exact) mass is 336 g/mol. The number of hydrogen-bond acceptors (Lipinski definition) is 3. The summed E-state index contributed by atoms with van der Waals surface area (Å²) in [5.74, 6) is 0.355. The van der Waals surface area contributed by atoms with Gasteiger partial charge in [-0.25, -0.2) is 4.79 Å². The lowest BCUT2D eigenvalue weighted by atomic mass is 9.77. The van der Waals surface area contributed by atoms with E-state index >= 15 is 0 Å². The van der Waals surface area contributed by atoms with Gasteiger partial charge < -0.3 is 10.4 Å². The molecule has 1 saturated carbocycles. The largest absolute Gasteiger partial charge is 0.386 e. The summed E-state index contributed by atoms with van der Waals surface area (Å²) in [7, 11) is 0. The maximum absolute atomic E-state index is 12.7. The van der Waals surface area contributed by atoms with Crippen LogP contribution in [-0.2, 0) is 4.79 Å². The van der Waals surface area contributed by atoms with Crippen molar-refractivity contribution in [2.75, 3.05) is 6.54 Å². The van der Waals surface area contributed by atoms with Gasteiger partial charge in [0, 0.05) is 10.6 Å². The molecule has 1 saturated heterocycles. The molecule has 0 bridgehead atoms. The molecule has 1 spiro atoms. The second kappa shape index (κ2) is 6.13. The van der Waals surface area contributed by atoms with Gasteiger partial charge in [0.05, 0.1) is 12.6 Å². The number of imide groups is 1. The normalized spacial score (nSPS) is 29.0. The highest BCUT2D eigenvalue weighted by molar-refractivity contribution is 6.31. The maximum Gasteiger partial charge on any atom is 0.325 e. The number of β-amino-alcohol motifs (C(OH)–C–C–N with tert-alkyl or cyclic N) is 1. The van der Waals surface area contributed by atoms with E-state index in [1.807, 2.05) is 0 Å². The number of urea groups is 1. The van der Waals surface area contributed by atoms with Crippen LogP contribution in [0.25, 0.3) is 0 Å². The van der Waals surface area contributed by atoms with Crippen LogP contribution in [-0.4, -0.2) is 34.0 Å². The molecule has 6 heteroatoms. The Morgan fingerprint density at radius 2 is 2.00 bits per heavy atom. The molecule has 1 aliphatic carbocycles. The van der Waals surface area contributed by atoms with Crippen molar-refractivity contribution in [3.05, 3.63) is 34.9 Å². The second-order valence-corrected chi connectivity index (χ2v) is 7.06. The van der Waals surface area contributed by atoms with Gasteiger partial charge in [-0.15, -0.1) is 0 Å². The van der Waals surface area contributed by atoms with E-state index in [2.05, 4.69) is 12.2 Å². The molecule has 1 aromatic rings. The van der Waals surface area contributed by atoms with Crippen LogP contribution in [0.2, 0.25) is 5.02 Å². The molecule has 2 fully saturated rings. The van der Waals surface area contributed by atoms with Gasteiger partial charge in [0.25, 0.3) is 5.91 Å². The molecule has 5 nitrogen and oxygen atoms in total. The number of nitrogens with one attached hydrogen (secondary N) is 1. The summed E-state index contributed by atoms with van der Waals surface area (Å²) in [4.78, 5) is 26.1. The Hall–Kier alpha value is -1.59. The molecule has 2 aliphatic rings. The standard InChI is InChI=1S/C17H21ClN2O3/c1-11-6-8-17(9-7-11)15(22)20(16(23)19-17)10-14(21)12-4-2-3-5-13(12)18/h2-5,11,14,21H,6-10H2,1H3,(H,19,23)/t11?,14-,17?/m1/s1. The molecule has 2 N–H and O–H groups in total. The average molecular weight is 337 g/mol. The third-order valence-corrected chi connectivity index (χ3v) is 5.34. The SMILES string of the molecule is CC1CCC2(CC1)NC(=O)N(C[C@@H](O)c1ccccc1Cl)C2=O. The minimum atomic E-state index is -0.990. The number of rotatable bonds is 3. The van der Waals surface area contributed by atoms with E-state index in [1.165, 1.54) is 0 Å². The van der Waals surface area contributed by atoms with Gasteiger partial charge in [-0.2, -0.15) is 0 Å². The number of hydrogen-bond donors (Lipinski definition) is 2. The Balaban J connectivity index is 1.75. The minimum absolute atomic E-state index is 0.0777. The van der Waals surface area contributed by atoms with Crippen LogP contribution in [0.15, 0.2) is 24.3 Å². The third kappa shape index (κ3) is 2.95. The van der Waals surface area contributed by atoms with Crippen molar-refractivity contribution in [1.29, 1.82) is 0 Å². The fourth-order valence-electron chi connectivity index (χ4n) is 3.45. The van der Waals surface area contributed by atoms with Crippen LogP contribution in [0.4, 0.5) is 4.79 Å². The zero-order chi connectivity index (χ0) is 16.6. The summed E-state index contributed by atoms with van der Waals surface area (Å²) in [5, 5.41) is 13.6. The van der Waals surface area contributed by atoms with E-state index in [9.17, 15) is 14.7 Å². The van der Waals surface area contributed by atoms with Crippen molar-refractivity contribution in [3.63, 3.8) is 0 Å². The molecule has 0 aromatic heterocycles. The highest BCUT2D eigenvalue weighted by Crippen LogP contribution is 2.37. The number of benzene rings is 1. The highest BCUT2D eigenvalue weighted by Gasteiger charge is 2.52. The quantitative estimate of drug-likeness (QED) is 0.834. The number of nitrogens with zero attached hydrogens (tertiary/aromatic N) is 1. The first-order valence-corrected chi connectivity index (χ1v) is 8.37. The summed E-state index contributed by atoms with van der Waals surface area (Å²) < 4.78 is 0.